The summed E-state index contributed by atoms with van der Waals surface area (Å²) >= 11 is 0. The van der Waals surface area contributed by atoms with Gasteiger partial charge in [0.1, 0.15) is 12.4 Å². The average Bonchev–Trinajstić information content (AvgIpc) is 2.81. The van der Waals surface area contributed by atoms with E-state index in [4.69, 9.17) is 11.5 Å². The third-order valence-electron chi connectivity index (χ3n) is 2.15. The van der Waals surface area contributed by atoms with Crippen molar-refractivity contribution in [3.63, 3.8) is 0 Å². The first-order chi connectivity index (χ1) is 8.56. The molecule has 2 rings (SSSR count). The van der Waals surface area contributed by atoms with Crippen molar-refractivity contribution in [3.8, 4) is 5.95 Å². The van der Waals surface area contributed by atoms with Crippen LogP contribution >= 0.6 is 0 Å². The van der Waals surface area contributed by atoms with Crippen LogP contribution in [0.2, 0.25) is 0 Å². The highest BCUT2D eigenvalue weighted by atomic mass is 16.1. The normalized spacial score (nSPS) is 12.1. The fourth-order valence-electron chi connectivity index (χ4n) is 1.20. The van der Waals surface area contributed by atoms with Gasteiger partial charge >= 0.3 is 0 Å². The Hall–Kier alpha value is -2.71. The molecular formula is C9H12N8O. The number of imidazole rings is 1. The largest absolute Gasteiger partial charge is 0.368 e. The third-order valence-corrected chi connectivity index (χ3v) is 2.15. The molecule has 0 bridgehead atoms. The van der Waals surface area contributed by atoms with Gasteiger partial charge in [-0.2, -0.15) is 15.0 Å². The van der Waals surface area contributed by atoms with Crippen molar-refractivity contribution >= 4 is 17.8 Å². The quantitative estimate of drug-likeness (QED) is 0.625. The highest BCUT2D eigenvalue weighted by Crippen LogP contribution is 2.07. The standard InChI is InChI=1S/C9H12N8O/c1-5(6(10)18)13-8-14-7(11)15-9(16-8)17-3-2-12-4-17/h2-5H,1H3,(H2,10,18)(H3,11,13,14,15,16). The lowest BCUT2D eigenvalue weighted by Gasteiger charge is -2.10. The summed E-state index contributed by atoms with van der Waals surface area (Å²) in [5, 5.41) is 2.73. The van der Waals surface area contributed by atoms with E-state index in [0.29, 0.717) is 5.95 Å². The van der Waals surface area contributed by atoms with Crippen LogP contribution in [0.4, 0.5) is 11.9 Å². The van der Waals surface area contributed by atoms with Crippen LogP contribution in [0.5, 0.6) is 0 Å². The molecule has 0 aliphatic rings. The van der Waals surface area contributed by atoms with E-state index in [-0.39, 0.29) is 11.9 Å². The Balaban J connectivity index is 2.30. The molecule has 0 spiro atoms. The second kappa shape index (κ2) is 4.65. The number of rotatable bonds is 4. The van der Waals surface area contributed by atoms with Crippen molar-refractivity contribution in [2.24, 2.45) is 5.73 Å². The first kappa shape index (κ1) is 11.8. The molecule has 2 aromatic rings. The van der Waals surface area contributed by atoms with Crippen molar-refractivity contribution in [2.75, 3.05) is 11.1 Å². The smallest absolute Gasteiger partial charge is 0.241 e. The Morgan fingerprint density at radius 2 is 2.22 bits per heavy atom. The van der Waals surface area contributed by atoms with Crippen LogP contribution in [-0.4, -0.2) is 36.5 Å². The van der Waals surface area contributed by atoms with E-state index in [1.165, 1.54) is 6.33 Å². The van der Waals surface area contributed by atoms with Gasteiger partial charge in [-0.15, -0.1) is 0 Å². The molecule has 0 aliphatic carbocycles. The van der Waals surface area contributed by atoms with Crippen LogP contribution in [0.3, 0.4) is 0 Å². The Bertz CT molecular complexity index is 552. The molecule has 5 N–H and O–H groups in total. The highest BCUT2D eigenvalue weighted by Gasteiger charge is 2.12. The number of hydrogen-bond acceptors (Lipinski definition) is 7. The van der Waals surface area contributed by atoms with Gasteiger partial charge in [-0.3, -0.25) is 9.36 Å². The molecule has 0 saturated heterocycles. The van der Waals surface area contributed by atoms with E-state index in [1.54, 1.807) is 23.9 Å². The molecule has 9 nitrogen and oxygen atoms in total. The maximum atomic E-state index is 10.9. The van der Waals surface area contributed by atoms with Gasteiger partial charge in [-0.25, -0.2) is 4.98 Å². The summed E-state index contributed by atoms with van der Waals surface area (Å²) in [5.41, 5.74) is 10.7. The number of amides is 1. The minimum absolute atomic E-state index is 0.0351. The van der Waals surface area contributed by atoms with E-state index in [2.05, 4.69) is 25.3 Å². The number of aromatic nitrogens is 5. The topological polar surface area (TPSA) is 138 Å². The number of primary amides is 1. The lowest BCUT2D eigenvalue weighted by Crippen LogP contribution is -2.33. The highest BCUT2D eigenvalue weighted by molar-refractivity contribution is 5.81. The van der Waals surface area contributed by atoms with Crippen LogP contribution in [0.15, 0.2) is 18.7 Å². The minimum Gasteiger partial charge on any atom is -0.368 e. The summed E-state index contributed by atoms with van der Waals surface area (Å²) in [6, 6.07) is -0.609. The molecule has 1 amide bonds. The number of anilines is 2. The lowest BCUT2D eigenvalue weighted by atomic mass is 10.3. The zero-order valence-corrected chi connectivity index (χ0v) is 9.61. The van der Waals surface area contributed by atoms with E-state index in [1.807, 2.05) is 0 Å². The number of carbonyl (C=O) groups is 1. The molecule has 2 heterocycles. The van der Waals surface area contributed by atoms with Crippen LogP contribution in [0.25, 0.3) is 5.95 Å². The van der Waals surface area contributed by atoms with Gasteiger partial charge in [0.2, 0.25) is 23.8 Å². The van der Waals surface area contributed by atoms with E-state index in [9.17, 15) is 4.79 Å². The van der Waals surface area contributed by atoms with Crippen LogP contribution in [0, 0.1) is 0 Å². The molecule has 0 saturated carbocycles. The minimum atomic E-state index is -0.609. The number of nitrogens with one attached hydrogen (secondary N) is 1. The van der Waals surface area contributed by atoms with Gasteiger partial charge in [0.05, 0.1) is 0 Å². The number of hydrogen-bond donors (Lipinski definition) is 3. The molecule has 0 fully saturated rings. The zero-order chi connectivity index (χ0) is 13.1. The zero-order valence-electron chi connectivity index (χ0n) is 9.61. The third kappa shape index (κ3) is 2.51. The number of nitrogens with zero attached hydrogens (tertiary/aromatic N) is 5. The average molecular weight is 248 g/mol. The van der Waals surface area contributed by atoms with Gasteiger partial charge < -0.3 is 16.8 Å². The van der Waals surface area contributed by atoms with Crippen LogP contribution in [0.1, 0.15) is 6.92 Å². The monoisotopic (exact) mass is 248 g/mol. The van der Waals surface area contributed by atoms with Crippen LogP contribution < -0.4 is 16.8 Å². The molecule has 9 heteroatoms. The summed E-state index contributed by atoms with van der Waals surface area (Å²) in [5.74, 6) is 0.00250. The van der Waals surface area contributed by atoms with E-state index >= 15 is 0 Å². The van der Waals surface area contributed by atoms with Gasteiger partial charge in [0.25, 0.3) is 0 Å². The van der Waals surface area contributed by atoms with Gasteiger partial charge in [0, 0.05) is 12.4 Å². The molecular weight excluding hydrogens is 236 g/mol. The molecule has 0 aromatic carbocycles. The van der Waals surface area contributed by atoms with Crippen molar-refractivity contribution in [2.45, 2.75) is 13.0 Å². The van der Waals surface area contributed by atoms with Crippen molar-refractivity contribution in [3.05, 3.63) is 18.7 Å². The molecule has 18 heavy (non-hydrogen) atoms. The fourth-order valence-corrected chi connectivity index (χ4v) is 1.20. The Morgan fingerprint density at radius 3 is 2.83 bits per heavy atom. The fraction of sp³-hybridized carbons (Fsp3) is 0.222. The molecule has 94 valence electrons. The first-order valence-electron chi connectivity index (χ1n) is 5.12. The van der Waals surface area contributed by atoms with Crippen molar-refractivity contribution < 1.29 is 4.79 Å². The van der Waals surface area contributed by atoms with Gasteiger partial charge in [-0.1, -0.05) is 0 Å². The van der Waals surface area contributed by atoms with E-state index in [0.717, 1.165) is 0 Å². The number of nitrogen functional groups attached to an aromatic ring is 1. The van der Waals surface area contributed by atoms with Gasteiger partial charge in [-0.05, 0) is 6.92 Å². The van der Waals surface area contributed by atoms with Crippen LogP contribution in [-0.2, 0) is 4.79 Å². The molecule has 0 radical (unpaired) electrons. The Morgan fingerprint density at radius 1 is 1.44 bits per heavy atom. The van der Waals surface area contributed by atoms with Gasteiger partial charge in [0.15, 0.2) is 0 Å². The predicted octanol–water partition coefficient (Wildman–Crippen LogP) is -1.07. The maximum Gasteiger partial charge on any atom is 0.241 e. The summed E-state index contributed by atoms with van der Waals surface area (Å²) in [7, 11) is 0. The lowest BCUT2D eigenvalue weighted by molar-refractivity contribution is -0.118. The van der Waals surface area contributed by atoms with Crippen molar-refractivity contribution in [1.82, 2.24) is 24.5 Å². The Kier molecular flexibility index (Phi) is 3.04. The number of carbonyl (C=O) groups excluding carboxylic acids is 1. The Labute approximate surface area is 102 Å². The number of nitrogens with two attached hydrogens (primary N) is 2. The predicted molar refractivity (Wildman–Crippen MR) is 63.6 cm³/mol. The summed E-state index contributed by atoms with van der Waals surface area (Å²) in [6.07, 6.45) is 4.77. The first-order valence-corrected chi connectivity index (χ1v) is 5.12. The second-order valence-electron chi connectivity index (χ2n) is 3.56. The van der Waals surface area contributed by atoms with Crippen molar-refractivity contribution in [1.29, 1.82) is 0 Å². The van der Waals surface area contributed by atoms with E-state index < -0.39 is 11.9 Å². The molecule has 0 aliphatic heterocycles. The second-order valence-corrected chi connectivity index (χ2v) is 3.56. The molecule has 1 atom stereocenters. The molecule has 2 aromatic heterocycles. The molecule has 1 unspecified atom stereocenters. The maximum absolute atomic E-state index is 10.9. The SMILES string of the molecule is CC(Nc1nc(N)nc(-n2ccnc2)n1)C(N)=O. The summed E-state index contributed by atoms with van der Waals surface area (Å²) in [6.45, 7) is 1.60. The summed E-state index contributed by atoms with van der Waals surface area (Å²) < 4.78 is 1.57. The summed E-state index contributed by atoms with van der Waals surface area (Å²) in [4.78, 5) is 26.7.